The summed E-state index contributed by atoms with van der Waals surface area (Å²) in [6, 6.07) is 7.14. The van der Waals surface area contributed by atoms with E-state index in [0.717, 1.165) is 11.1 Å². The molecule has 5 nitrogen and oxygen atoms in total. The number of imide groups is 1. The van der Waals surface area contributed by atoms with Gasteiger partial charge in [0.15, 0.2) is 4.47 Å². The van der Waals surface area contributed by atoms with Gasteiger partial charge in [0.2, 0.25) is 0 Å². The van der Waals surface area contributed by atoms with Crippen LogP contribution in [0.2, 0.25) is 4.47 Å². The molecule has 1 fully saturated rings. The third-order valence-electron chi connectivity index (χ3n) is 3.75. The van der Waals surface area contributed by atoms with E-state index in [0.29, 0.717) is 10.2 Å². The minimum absolute atomic E-state index is 0.120. The first-order valence-corrected chi connectivity index (χ1v) is 7.97. The van der Waals surface area contributed by atoms with Gasteiger partial charge in [-0.1, -0.05) is 41.4 Å². The molecular formula is C15H14ClN3O2S. The average molecular weight is 336 g/mol. The van der Waals surface area contributed by atoms with Gasteiger partial charge >= 0.3 is 6.03 Å². The number of rotatable bonds is 3. The number of aromatic nitrogens is 1. The highest BCUT2D eigenvalue weighted by Crippen LogP contribution is 2.30. The van der Waals surface area contributed by atoms with E-state index in [1.54, 1.807) is 12.3 Å². The van der Waals surface area contributed by atoms with Gasteiger partial charge in [-0.05, 0) is 19.4 Å². The largest absolute Gasteiger partial charge is 0.325 e. The van der Waals surface area contributed by atoms with E-state index in [4.69, 9.17) is 11.6 Å². The Morgan fingerprint density at radius 3 is 2.59 bits per heavy atom. The Labute approximate surface area is 136 Å². The van der Waals surface area contributed by atoms with E-state index in [2.05, 4.69) is 10.3 Å². The molecule has 0 aliphatic carbocycles. The zero-order valence-corrected chi connectivity index (χ0v) is 13.7. The van der Waals surface area contributed by atoms with E-state index in [9.17, 15) is 9.59 Å². The van der Waals surface area contributed by atoms with Crippen LogP contribution in [0, 0.1) is 6.92 Å². The summed E-state index contributed by atoms with van der Waals surface area (Å²) in [5, 5.41) is 4.51. The molecule has 114 valence electrons. The summed E-state index contributed by atoms with van der Waals surface area (Å²) in [7, 11) is 0. The molecule has 3 amide bonds. The quantitative estimate of drug-likeness (QED) is 0.877. The van der Waals surface area contributed by atoms with Crippen molar-refractivity contribution in [3.05, 3.63) is 50.9 Å². The molecule has 22 heavy (non-hydrogen) atoms. The molecule has 0 radical (unpaired) electrons. The molecule has 1 saturated heterocycles. The number of carbonyl (C=O) groups is 2. The molecule has 3 rings (SSSR count). The maximum Gasteiger partial charge on any atom is 0.325 e. The Kier molecular flexibility index (Phi) is 3.66. The molecule has 7 heteroatoms. The number of thiazole rings is 1. The number of hydrogen-bond acceptors (Lipinski definition) is 4. The van der Waals surface area contributed by atoms with Gasteiger partial charge in [0, 0.05) is 5.38 Å². The van der Waals surface area contributed by atoms with E-state index in [1.807, 2.05) is 31.2 Å². The minimum atomic E-state index is -1.05. The third kappa shape index (κ3) is 2.48. The second-order valence-electron chi connectivity index (χ2n) is 5.40. The van der Waals surface area contributed by atoms with Crippen molar-refractivity contribution in [3.8, 4) is 0 Å². The highest BCUT2D eigenvalue weighted by atomic mass is 35.5. The first-order valence-electron chi connectivity index (χ1n) is 6.71. The Hall–Kier alpha value is -1.92. The fraction of sp³-hybridized carbons (Fsp3) is 0.267. The van der Waals surface area contributed by atoms with Gasteiger partial charge in [0.1, 0.15) is 5.54 Å². The second kappa shape index (κ2) is 5.37. The number of aryl methyl sites for hydroxylation is 1. The number of carbonyl (C=O) groups excluding carboxylic acids is 2. The standard InChI is InChI=1S/C15H14ClN3O2S/c1-9-3-5-10(6-4-9)15(2)12(20)19(14(21)18-15)7-11-8-22-13(16)17-11/h3-6,8H,7H2,1-2H3,(H,18,21)/t15-/m1/s1. The molecule has 1 aliphatic rings. The van der Waals surface area contributed by atoms with Crippen LogP contribution >= 0.6 is 22.9 Å². The first-order chi connectivity index (χ1) is 10.4. The fourth-order valence-electron chi connectivity index (χ4n) is 2.44. The zero-order chi connectivity index (χ0) is 15.9. The Bertz CT molecular complexity index is 744. The predicted molar refractivity (Wildman–Crippen MR) is 84.7 cm³/mol. The van der Waals surface area contributed by atoms with E-state index in [-0.39, 0.29) is 12.5 Å². The SMILES string of the molecule is Cc1ccc([C@@]2(C)NC(=O)N(Cc3csc(Cl)n3)C2=O)cc1. The third-order valence-corrected chi connectivity index (χ3v) is 4.78. The van der Waals surface area contributed by atoms with Crippen molar-refractivity contribution in [2.24, 2.45) is 0 Å². The Morgan fingerprint density at radius 2 is 2.00 bits per heavy atom. The lowest BCUT2D eigenvalue weighted by atomic mass is 9.91. The van der Waals surface area contributed by atoms with Gasteiger partial charge in [-0.25, -0.2) is 9.78 Å². The summed E-state index contributed by atoms with van der Waals surface area (Å²) in [6.45, 7) is 3.81. The molecule has 0 bridgehead atoms. The molecule has 1 atom stereocenters. The molecule has 0 unspecified atom stereocenters. The highest BCUT2D eigenvalue weighted by Gasteiger charge is 2.49. The minimum Gasteiger partial charge on any atom is -0.319 e. The summed E-state index contributed by atoms with van der Waals surface area (Å²) in [5.74, 6) is -0.287. The van der Waals surface area contributed by atoms with Gasteiger partial charge in [-0.15, -0.1) is 11.3 Å². The summed E-state index contributed by atoms with van der Waals surface area (Å²) in [6.07, 6.45) is 0. The lowest BCUT2D eigenvalue weighted by Crippen LogP contribution is -2.40. The first kappa shape index (κ1) is 15.0. The van der Waals surface area contributed by atoms with Crippen molar-refractivity contribution in [2.45, 2.75) is 25.9 Å². The second-order valence-corrected chi connectivity index (χ2v) is 6.84. The monoisotopic (exact) mass is 335 g/mol. The fourth-order valence-corrected chi connectivity index (χ4v) is 3.21. The number of benzene rings is 1. The molecule has 0 saturated carbocycles. The van der Waals surface area contributed by atoms with Crippen LogP contribution in [0.4, 0.5) is 4.79 Å². The van der Waals surface area contributed by atoms with Crippen LogP contribution in [-0.4, -0.2) is 21.8 Å². The van der Waals surface area contributed by atoms with E-state index >= 15 is 0 Å². The van der Waals surface area contributed by atoms with Gasteiger partial charge in [0.05, 0.1) is 12.2 Å². The predicted octanol–water partition coefficient (Wildman–Crippen LogP) is 3.07. The molecule has 1 aromatic carbocycles. The number of hydrogen-bond donors (Lipinski definition) is 1. The topological polar surface area (TPSA) is 62.3 Å². The molecule has 1 aromatic heterocycles. The van der Waals surface area contributed by atoms with Gasteiger partial charge in [-0.2, -0.15) is 0 Å². The Balaban J connectivity index is 1.88. The molecule has 1 N–H and O–H groups in total. The summed E-state index contributed by atoms with van der Waals surface area (Å²) < 4.78 is 0.392. The normalized spacial score (nSPS) is 21.3. The summed E-state index contributed by atoms with van der Waals surface area (Å²) >= 11 is 7.06. The summed E-state index contributed by atoms with van der Waals surface area (Å²) in [5.41, 5.74) is 1.41. The van der Waals surface area contributed by atoms with Gasteiger partial charge in [0.25, 0.3) is 5.91 Å². The van der Waals surface area contributed by atoms with Crippen LogP contribution in [0.5, 0.6) is 0 Å². The van der Waals surface area contributed by atoms with Crippen LogP contribution in [-0.2, 0) is 16.9 Å². The molecule has 2 aromatic rings. The molecular weight excluding hydrogens is 322 g/mol. The van der Waals surface area contributed by atoms with Crippen LogP contribution in [0.25, 0.3) is 0 Å². The van der Waals surface area contributed by atoms with Crippen molar-refractivity contribution in [3.63, 3.8) is 0 Å². The zero-order valence-electron chi connectivity index (χ0n) is 12.1. The maximum absolute atomic E-state index is 12.7. The number of nitrogens with one attached hydrogen (secondary N) is 1. The van der Waals surface area contributed by atoms with Crippen molar-refractivity contribution >= 4 is 34.9 Å². The highest BCUT2D eigenvalue weighted by molar-refractivity contribution is 7.13. The van der Waals surface area contributed by atoms with Crippen molar-refractivity contribution in [1.29, 1.82) is 0 Å². The number of halogens is 1. The van der Waals surface area contributed by atoms with Crippen LogP contribution < -0.4 is 5.32 Å². The lowest BCUT2D eigenvalue weighted by Gasteiger charge is -2.22. The summed E-state index contributed by atoms with van der Waals surface area (Å²) in [4.78, 5) is 30.2. The van der Waals surface area contributed by atoms with E-state index < -0.39 is 11.6 Å². The van der Waals surface area contributed by atoms with Crippen molar-refractivity contribution < 1.29 is 9.59 Å². The van der Waals surface area contributed by atoms with E-state index in [1.165, 1.54) is 16.2 Å². The van der Waals surface area contributed by atoms with Crippen molar-refractivity contribution in [1.82, 2.24) is 15.2 Å². The number of amides is 3. The Morgan fingerprint density at radius 1 is 1.32 bits per heavy atom. The van der Waals surface area contributed by atoms with Gasteiger partial charge < -0.3 is 5.32 Å². The van der Waals surface area contributed by atoms with Crippen molar-refractivity contribution in [2.75, 3.05) is 0 Å². The van der Waals surface area contributed by atoms with Crippen LogP contribution in [0.15, 0.2) is 29.6 Å². The smallest absolute Gasteiger partial charge is 0.319 e. The van der Waals surface area contributed by atoms with Gasteiger partial charge in [-0.3, -0.25) is 9.69 Å². The van der Waals surface area contributed by atoms with Crippen LogP contribution in [0.1, 0.15) is 23.7 Å². The molecule has 1 aliphatic heterocycles. The van der Waals surface area contributed by atoms with Crippen LogP contribution in [0.3, 0.4) is 0 Å². The maximum atomic E-state index is 12.7. The number of nitrogens with zero attached hydrogens (tertiary/aromatic N) is 2. The average Bonchev–Trinajstić information content (AvgIpc) is 2.97. The lowest BCUT2D eigenvalue weighted by molar-refractivity contribution is -0.131. The number of urea groups is 1. The molecule has 2 heterocycles. The molecule has 0 spiro atoms.